The van der Waals surface area contributed by atoms with E-state index >= 15 is 0 Å². The maximum atomic E-state index is 7.77. The molecule has 6 heteroatoms. The molecular weight excluding hydrogens is 216 g/mol. The molecule has 1 unspecified atom stereocenters. The van der Waals surface area contributed by atoms with Crippen LogP contribution < -0.4 is 5.32 Å². The van der Waals surface area contributed by atoms with Crippen molar-refractivity contribution in [3.8, 4) is 0 Å². The highest BCUT2D eigenvalue weighted by Crippen LogP contribution is 2.01. The molecule has 2 N–H and O–H groups in total. The highest BCUT2D eigenvalue weighted by atomic mass is 15.4. The number of hydrogen-bond donors (Lipinski definition) is 2. The van der Waals surface area contributed by atoms with Crippen LogP contribution in [0.4, 0.5) is 0 Å². The fraction of sp³-hybridized carbons (Fsp3) is 0.818. The Morgan fingerprint density at radius 2 is 1.65 bits per heavy atom. The summed E-state index contributed by atoms with van der Waals surface area (Å²) in [5.41, 5.74) is 0. The Bertz CT molecular complexity index is 269. The number of hydrogen-bond acceptors (Lipinski definition) is 3. The first kappa shape index (κ1) is 15.7. The van der Waals surface area contributed by atoms with Crippen LogP contribution in [0.5, 0.6) is 0 Å². The van der Waals surface area contributed by atoms with Gasteiger partial charge in [-0.2, -0.15) is 0 Å². The van der Waals surface area contributed by atoms with Crippen LogP contribution in [0.15, 0.2) is 4.99 Å². The summed E-state index contributed by atoms with van der Waals surface area (Å²) < 4.78 is 0. The van der Waals surface area contributed by atoms with Crippen LogP contribution in [-0.4, -0.2) is 75.1 Å². The lowest BCUT2D eigenvalue weighted by Crippen LogP contribution is -2.46. The van der Waals surface area contributed by atoms with Crippen molar-refractivity contribution in [2.75, 3.05) is 42.3 Å². The average molecular weight is 242 g/mol. The summed E-state index contributed by atoms with van der Waals surface area (Å²) in [4.78, 5) is 10.2. The summed E-state index contributed by atoms with van der Waals surface area (Å²) >= 11 is 0. The molecule has 0 aromatic carbocycles. The highest BCUT2D eigenvalue weighted by molar-refractivity contribution is 5.96. The Labute approximate surface area is 105 Å². The van der Waals surface area contributed by atoms with E-state index < -0.39 is 0 Å². The van der Waals surface area contributed by atoms with E-state index in [1.54, 1.807) is 4.90 Å². The topological polar surface area (TPSA) is 58.0 Å². The molecule has 0 bridgehead atoms. The van der Waals surface area contributed by atoms with Gasteiger partial charge in [0.05, 0.1) is 0 Å². The number of nitrogens with zero attached hydrogens (tertiary/aromatic N) is 4. The molecule has 1 atom stereocenters. The van der Waals surface area contributed by atoms with Crippen molar-refractivity contribution < 1.29 is 0 Å². The molecule has 0 aliphatic carbocycles. The van der Waals surface area contributed by atoms with Gasteiger partial charge in [0, 0.05) is 28.2 Å². The van der Waals surface area contributed by atoms with E-state index in [1.807, 2.05) is 47.2 Å². The molecule has 0 aromatic rings. The van der Waals surface area contributed by atoms with Crippen LogP contribution in [-0.2, 0) is 0 Å². The predicted molar refractivity (Wildman–Crippen MR) is 73.4 cm³/mol. The van der Waals surface area contributed by atoms with Gasteiger partial charge in [-0.15, -0.1) is 0 Å². The van der Waals surface area contributed by atoms with Gasteiger partial charge in [-0.1, -0.05) is 6.92 Å². The van der Waals surface area contributed by atoms with Crippen molar-refractivity contribution >= 4 is 11.9 Å². The third kappa shape index (κ3) is 5.53. The monoisotopic (exact) mass is 242 g/mol. The van der Waals surface area contributed by atoms with Crippen molar-refractivity contribution in [3.05, 3.63) is 0 Å². The first-order valence-electron chi connectivity index (χ1n) is 5.74. The molecule has 0 saturated carbocycles. The predicted octanol–water partition coefficient (Wildman–Crippen LogP) is 0.288. The van der Waals surface area contributed by atoms with Crippen LogP contribution in [0.2, 0.25) is 0 Å². The van der Waals surface area contributed by atoms with Gasteiger partial charge < -0.3 is 9.80 Å². The van der Waals surface area contributed by atoms with Crippen molar-refractivity contribution in [2.45, 2.75) is 19.5 Å². The molecule has 0 fully saturated rings. The van der Waals surface area contributed by atoms with E-state index in [9.17, 15) is 0 Å². The van der Waals surface area contributed by atoms with Crippen molar-refractivity contribution in [2.24, 2.45) is 4.99 Å². The standard InChI is InChI=1S/C11H26N6/c1-8-9(15(2)3)13-11(17(6)7)14-10(12)16(4)5/h9H,8H2,1-7H3,(H2,12,13,14). The molecule has 0 aromatic heterocycles. The summed E-state index contributed by atoms with van der Waals surface area (Å²) in [5.74, 6) is 1.02. The largest absolute Gasteiger partial charge is 0.349 e. The molecule has 0 radical (unpaired) electrons. The minimum absolute atomic E-state index is 0.120. The summed E-state index contributed by atoms with van der Waals surface area (Å²) in [6, 6.07) is 0. The Balaban J connectivity index is 4.84. The van der Waals surface area contributed by atoms with E-state index in [0.29, 0.717) is 11.9 Å². The molecule has 0 spiro atoms. The van der Waals surface area contributed by atoms with Crippen LogP contribution in [0.3, 0.4) is 0 Å². The first-order valence-corrected chi connectivity index (χ1v) is 5.74. The summed E-state index contributed by atoms with van der Waals surface area (Å²) in [5, 5.41) is 10.8. The van der Waals surface area contributed by atoms with E-state index in [0.717, 1.165) is 6.42 Å². The molecule has 17 heavy (non-hydrogen) atoms. The second-order valence-corrected chi connectivity index (χ2v) is 4.57. The molecule has 0 saturated heterocycles. The first-order chi connectivity index (χ1) is 7.79. The van der Waals surface area contributed by atoms with Gasteiger partial charge in [0.15, 0.2) is 5.96 Å². The third-order valence-electron chi connectivity index (χ3n) is 2.33. The van der Waals surface area contributed by atoms with Gasteiger partial charge in [0.25, 0.3) is 0 Å². The zero-order chi connectivity index (χ0) is 13.6. The van der Waals surface area contributed by atoms with E-state index in [-0.39, 0.29) is 6.17 Å². The fourth-order valence-corrected chi connectivity index (χ4v) is 1.19. The van der Waals surface area contributed by atoms with E-state index in [1.165, 1.54) is 0 Å². The molecule has 0 heterocycles. The maximum Gasteiger partial charge on any atom is 0.201 e. The Morgan fingerprint density at radius 1 is 1.12 bits per heavy atom. The summed E-state index contributed by atoms with van der Waals surface area (Å²) in [6.45, 7) is 2.10. The van der Waals surface area contributed by atoms with Gasteiger partial charge in [-0.05, 0) is 20.5 Å². The molecule has 100 valence electrons. The van der Waals surface area contributed by atoms with Gasteiger partial charge in [0.1, 0.15) is 6.17 Å². The highest BCUT2D eigenvalue weighted by Gasteiger charge is 2.12. The molecule has 0 aliphatic rings. The molecule has 0 amide bonds. The van der Waals surface area contributed by atoms with Crippen LogP contribution in [0, 0.1) is 5.41 Å². The van der Waals surface area contributed by atoms with Crippen molar-refractivity contribution in [3.63, 3.8) is 0 Å². The fourth-order valence-electron chi connectivity index (χ4n) is 1.19. The van der Waals surface area contributed by atoms with Crippen molar-refractivity contribution in [1.29, 1.82) is 5.41 Å². The minimum atomic E-state index is 0.120. The average Bonchev–Trinajstić information content (AvgIpc) is 2.22. The third-order valence-corrected chi connectivity index (χ3v) is 2.33. The smallest absolute Gasteiger partial charge is 0.201 e. The van der Waals surface area contributed by atoms with E-state index in [2.05, 4.69) is 22.1 Å². The Morgan fingerprint density at radius 3 is 1.94 bits per heavy atom. The minimum Gasteiger partial charge on any atom is -0.349 e. The van der Waals surface area contributed by atoms with E-state index in [4.69, 9.17) is 5.41 Å². The number of nitrogens with one attached hydrogen (secondary N) is 2. The second kappa shape index (κ2) is 7.11. The molecule has 6 nitrogen and oxygen atoms in total. The summed E-state index contributed by atoms with van der Waals surface area (Å²) in [6.07, 6.45) is 1.05. The molecule has 0 rings (SSSR count). The quantitative estimate of drug-likeness (QED) is 0.551. The Hall–Kier alpha value is -1.30. The number of aliphatic imine (C=N–C) groups is 1. The van der Waals surface area contributed by atoms with Crippen LogP contribution in [0.1, 0.15) is 13.3 Å². The van der Waals surface area contributed by atoms with Gasteiger partial charge in [0.2, 0.25) is 5.96 Å². The summed E-state index contributed by atoms with van der Waals surface area (Å²) in [7, 11) is 11.5. The number of rotatable bonds is 3. The zero-order valence-electron chi connectivity index (χ0n) is 12.1. The second-order valence-electron chi connectivity index (χ2n) is 4.57. The van der Waals surface area contributed by atoms with Crippen LogP contribution >= 0.6 is 0 Å². The lowest BCUT2D eigenvalue weighted by atomic mass is 10.3. The Kier molecular flexibility index (Phi) is 6.57. The van der Waals surface area contributed by atoms with Gasteiger partial charge in [-0.3, -0.25) is 15.6 Å². The number of guanidine groups is 2. The maximum absolute atomic E-state index is 7.77. The lowest BCUT2D eigenvalue weighted by molar-refractivity contribution is 0.292. The molecule has 0 aliphatic heterocycles. The van der Waals surface area contributed by atoms with Gasteiger partial charge in [-0.25, -0.2) is 4.99 Å². The SMILES string of the molecule is CCC(N=C(NC(=N)N(C)C)N(C)C)N(C)C. The normalized spacial score (nSPS) is 13.5. The zero-order valence-corrected chi connectivity index (χ0v) is 12.1. The van der Waals surface area contributed by atoms with Gasteiger partial charge >= 0.3 is 0 Å². The van der Waals surface area contributed by atoms with Crippen molar-refractivity contribution in [1.82, 2.24) is 20.0 Å². The molecular formula is C11H26N6. The lowest BCUT2D eigenvalue weighted by Gasteiger charge is -2.25. The van der Waals surface area contributed by atoms with Crippen LogP contribution in [0.25, 0.3) is 0 Å².